The number of aliphatic carboxylic acids is 1. The van der Waals surface area contributed by atoms with Gasteiger partial charge in [0.05, 0.1) is 5.38 Å². The maximum absolute atomic E-state index is 15.4. The van der Waals surface area contributed by atoms with E-state index in [1.54, 1.807) is 16.1 Å². The number of thiazole rings is 1. The zero-order valence-corrected chi connectivity index (χ0v) is 30.5. The van der Waals surface area contributed by atoms with Crippen molar-refractivity contribution in [3.8, 4) is 0 Å². The molecule has 332 valence electrons. The summed E-state index contributed by atoms with van der Waals surface area (Å²) in [5, 5.41) is 10.9. The van der Waals surface area contributed by atoms with Gasteiger partial charge in [-0.1, -0.05) is 41.7 Å². The number of halogens is 20. The molecule has 0 radical (unpaired) electrons. The average Bonchev–Trinajstić information content (AvgIpc) is 3.72. The van der Waals surface area contributed by atoms with Crippen LogP contribution in [0.3, 0.4) is 0 Å². The van der Waals surface area contributed by atoms with Crippen LogP contribution in [0, 0.1) is 116 Å². The number of carboxylic acid groups (broad SMARTS) is 1. The molecule has 0 spiro atoms. The Morgan fingerprint density at radius 3 is 0.984 bits per heavy atom. The van der Waals surface area contributed by atoms with Crippen molar-refractivity contribution in [3.63, 3.8) is 0 Å². The van der Waals surface area contributed by atoms with E-state index in [2.05, 4.69) is 0 Å². The van der Waals surface area contributed by atoms with Gasteiger partial charge in [-0.25, -0.2) is 87.8 Å². The summed E-state index contributed by atoms with van der Waals surface area (Å²) in [5.74, 6) is -72.9. The Balaban J connectivity index is 0.000000345. The summed E-state index contributed by atoms with van der Waals surface area (Å²) < 4.78 is 296. The number of carboxylic acids is 1. The van der Waals surface area contributed by atoms with Crippen molar-refractivity contribution in [1.82, 2.24) is 0 Å². The lowest BCUT2D eigenvalue weighted by Gasteiger charge is -2.44. The van der Waals surface area contributed by atoms with E-state index in [4.69, 9.17) is 5.11 Å². The fraction of sp³-hybridized carbons (Fsp3) is 0.0541. The molecule has 6 rings (SSSR count). The first-order valence-corrected chi connectivity index (χ1v) is 17.2. The third-order valence-electron chi connectivity index (χ3n) is 9.13. The third kappa shape index (κ3) is 7.73. The zero-order chi connectivity index (χ0) is 47.3. The average molecular weight is 941 g/mol. The molecule has 0 saturated carbocycles. The largest absolute Gasteiger partial charge is 0.481 e. The van der Waals surface area contributed by atoms with E-state index >= 15 is 35.1 Å². The molecule has 0 aliphatic carbocycles. The first-order valence-electron chi connectivity index (χ1n) is 16.4. The van der Waals surface area contributed by atoms with E-state index in [0.29, 0.717) is 11.6 Å². The van der Waals surface area contributed by atoms with Crippen LogP contribution < -0.4 is 26.4 Å². The number of hydrogen-bond acceptors (Lipinski definition) is 3. The van der Waals surface area contributed by atoms with Crippen LogP contribution in [-0.2, 0) is 11.3 Å². The highest BCUT2D eigenvalue weighted by molar-refractivity contribution is 7.20. The molecule has 0 aliphatic rings. The van der Waals surface area contributed by atoms with Gasteiger partial charge in [-0.15, -0.1) is 21.9 Å². The molecule has 0 unspecified atom stereocenters. The van der Waals surface area contributed by atoms with Gasteiger partial charge in [0.15, 0.2) is 82.5 Å². The number of ketones is 1. The van der Waals surface area contributed by atoms with Crippen molar-refractivity contribution >= 4 is 51.1 Å². The topological polar surface area (TPSA) is 58.2 Å². The van der Waals surface area contributed by atoms with Crippen LogP contribution in [0.1, 0.15) is 21.8 Å². The number of nitrogens with zero attached hydrogens (tertiary/aromatic N) is 1. The van der Waals surface area contributed by atoms with Gasteiger partial charge in [0.1, 0.15) is 59.1 Å². The Hall–Kier alpha value is -6.47. The van der Waals surface area contributed by atoms with Crippen LogP contribution in [0.2, 0.25) is 0 Å². The predicted octanol–water partition coefficient (Wildman–Crippen LogP) is 7.59. The Kier molecular flexibility index (Phi) is 13.4. The van der Waals surface area contributed by atoms with E-state index in [9.17, 15) is 62.3 Å². The first kappa shape index (κ1) is 47.6. The van der Waals surface area contributed by atoms with Gasteiger partial charge >= 0.3 is 11.0 Å². The molecule has 0 fully saturated rings. The van der Waals surface area contributed by atoms with Crippen LogP contribution >= 0.6 is 11.3 Å². The summed E-state index contributed by atoms with van der Waals surface area (Å²) in [6.07, 6.45) is -5.88. The standard InChI is InChI=1S/C24BF20.C13H11NO3S/c26-5-1(6(27)14(35)21(42)13(5)34)25(2-7(28)15(36)22(43)16(37)8(2)29,3-9(30)17(38)23(44)18(39)10(3)31)4-11(32)19(40)24(45)20(41)12(4)33;15-11(8-12(16)17)13-14(6-7-18-13)9-10-4-2-1-3-5-10/h;1-7H,8-9H2/q-1;/p+1. The highest BCUT2D eigenvalue weighted by Crippen LogP contribution is 2.30. The fourth-order valence-electron chi connectivity index (χ4n) is 6.52. The second-order valence-electron chi connectivity index (χ2n) is 12.6. The van der Waals surface area contributed by atoms with Gasteiger partial charge in [0.2, 0.25) is 5.78 Å². The van der Waals surface area contributed by atoms with Gasteiger partial charge in [-0.05, 0) is 0 Å². The van der Waals surface area contributed by atoms with Crippen LogP contribution in [-0.4, -0.2) is 23.0 Å². The van der Waals surface area contributed by atoms with Crippen molar-refractivity contribution in [3.05, 3.63) is 169 Å². The lowest BCUT2D eigenvalue weighted by atomic mass is 9.12. The minimum atomic E-state index is -7.22. The number of hydrogen-bond donors (Lipinski definition) is 1. The van der Waals surface area contributed by atoms with E-state index in [0.717, 1.165) is 5.56 Å². The van der Waals surface area contributed by atoms with E-state index in [1.807, 2.05) is 30.3 Å². The van der Waals surface area contributed by atoms with E-state index in [-0.39, 0.29) is 5.78 Å². The summed E-state index contributed by atoms with van der Waals surface area (Å²) in [4.78, 5) is 22.3. The quantitative estimate of drug-likeness (QED) is 0.0310. The molecule has 6 aromatic rings. The van der Waals surface area contributed by atoms with E-state index < -0.39 is 157 Å². The lowest BCUT2D eigenvalue weighted by molar-refractivity contribution is -0.685. The van der Waals surface area contributed by atoms with Crippen LogP contribution in [0.15, 0.2) is 41.9 Å². The smallest absolute Gasteiger partial charge is 0.311 e. The van der Waals surface area contributed by atoms with Crippen LogP contribution in [0.5, 0.6) is 0 Å². The highest BCUT2D eigenvalue weighted by atomic mass is 32.1. The molecule has 0 atom stereocenters. The normalized spacial score (nSPS) is 11.5. The molecule has 5 aromatic carbocycles. The van der Waals surface area contributed by atoms with Gasteiger partial charge in [-0.2, -0.15) is 4.57 Å². The van der Waals surface area contributed by atoms with Crippen molar-refractivity contribution in [2.75, 3.05) is 0 Å². The Morgan fingerprint density at radius 2 is 0.714 bits per heavy atom. The molecule has 1 heterocycles. The summed E-state index contributed by atoms with van der Waals surface area (Å²) >= 11 is 1.27. The summed E-state index contributed by atoms with van der Waals surface area (Å²) in [7, 11) is 0. The Bertz CT molecular complexity index is 2480. The number of carbonyl (C=O) groups is 2. The van der Waals surface area contributed by atoms with Crippen molar-refractivity contribution in [2.24, 2.45) is 0 Å². The molecule has 0 bridgehead atoms. The molecule has 26 heteroatoms. The first-order chi connectivity index (χ1) is 29.4. The monoisotopic (exact) mass is 941 g/mol. The lowest BCUT2D eigenvalue weighted by Crippen LogP contribution is -2.81. The number of benzene rings is 5. The molecule has 1 aromatic heterocycles. The molecule has 0 aliphatic heterocycles. The highest BCUT2D eigenvalue weighted by Gasteiger charge is 2.52. The summed E-state index contributed by atoms with van der Waals surface area (Å²) in [6, 6.07) is 9.73. The number of aromatic nitrogens is 1. The van der Waals surface area contributed by atoms with Gasteiger partial charge < -0.3 is 5.11 Å². The number of Topliss-reactive ketones (excluding diaryl/α,β-unsaturated/α-hetero) is 1. The third-order valence-corrected chi connectivity index (χ3v) is 10.1. The number of rotatable bonds is 9. The van der Waals surface area contributed by atoms with Crippen LogP contribution in [0.25, 0.3) is 0 Å². The summed E-state index contributed by atoms with van der Waals surface area (Å²) in [5.41, 5.74) is -13.3. The maximum atomic E-state index is 15.4. The maximum Gasteiger partial charge on any atom is 0.311 e. The van der Waals surface area contributed by atoms with Crippen molar-refractivity contribution in [1.29, 1.82) is 0 Å². The molecular weight excluding hydrogens is 929 g/mol. The fourth-order valence-corrected chi connectivity index (χ4v) is 7.32. The van der Waals surface area contributed by atoms with Gasteiger partial charge in [0, 0.05) is 5.56 Å². The molecule has 0 saturated heterocycles. The second kappa shape index (κ2) is 17.7. The van der Waals surface area contributed by atoms with Gasteiger partial charge in [-0.3, -0.25) is 9.59 Å². The summed E-state index contributed by atoms with van der Waals surface area (Å²) in [6.45, 7) is 0.574. The molecule has 4 nitrogen and oxygen atoms in total. The zero-order valence-electron chi connectivity index (χ0n) is 29.7. The minimum Gasteiger partial charge on any atom is -0.481 e. The second-order valence-corrected chi connectivity index (χ2v) is 13.5. The van der Waals surface area contributed by atoms with Gasteiger partial charge in [0.25, 0.3) is 0 Å². The Morgan fingerprint density at radius 1 is 0.444 bits per heavy atom. The van der Waals surface area contributed by atoms with E-state index in [1.165, 1.54) is 11.3 Å². The van der Waals surface area contributed by atoms with Crippen molar-refractivity contribution in [2.45, 2.75) is 13.0 Å². The minimum absolute atomic E-state index is 0.353. The predicted molar refractivity (Wildman–Crippen MR) is 176 cm³/mol. The molecular formula is C37H12BF20NO3S. The molecule has 0 amide bonds. The number of carbonyl (C=O) groups excluding carboxylic acids is 1. The molecule has 63 heavy (non-hydrogen) atoms. The molecule has 1 N–H and O–H groups in total. The van der Waals surface area contributed by atoms with Crippen LogP contribution in [0.4, 0.5) is 87.8 Å². The SMILES string of the molecule is Fc1c(F)c(F)c([B-](c2c(F)c(F)c(F)c(F)c2F)(c2c(F)c(F)c(F)c(F)c2F)c2c(F)c(F)c(F)c(F)c2F)c(F)c1F.O=C(O)CC(=O)c1scc[n+]1Cc1ccccc1. The van der Waals surface area contributed by atoms with Crippen molar-refractivity contribution < 1.29 is 107 Å². The Labute approximate surface area is 339 Å².